The van der Waals surface area contributed by atoms with Crippen LogP contribution in [0.15, 0.2) is 24.7 Å². The average Bonchev–Trinajstić information content (AvgIpc) is 2.56. The lowest BCUT2D eigenvalue weighted by atomic mass is 9.93. The first-order chi connectivity index (χ1) is 10.8. The summed E-state index contributed by atoms with van der Waals surface area (Å²) >= 11 is 0. The van der Waals surface area contributed by atoms with Gasteiger partial charge >= 0.3 is 0 Å². The lowest BCUT2D eigenvalue weighted by molar-refractivity contribution is 0.408. The van der Waals surface area contributed by atoms with E-state index in [1.165, 1.54) is 12.8 Å². The molecule has 1 fully saturated rings. The second kappa shape index (κ2) is 6.68. The van der Waals surface area contributed by atoms with Crippen molar-refractivity contribution in [3.05, 3.63) is 36.2 Å². The highest BCUT2D eigenvalue weighted by Gasteiger charge is 2.22. The molecule has 22 heavy (non-hydrogen) atoms. The molecule has 0 spiro atoms. The molecule has 1 aliphatic heterocycles. The predicted octanol–water partition coefficient (Wildman–Crippen LogP) is 2.08. The maximum atomic E-state index is 4.55. The summed E-state index contributed by atoms with van der Waals surface area (Å²) in [6.45, 7) is 4.01. The van der Waals surface area contributed by atoms with Gasteiger partial charge in [0, 0.05) is 38.7 Å². The van der Waals surface area contributed by atoms with E-state index < -0.39 is 0 Å². The highest BCUT2D eigenvalue weighted by atomic mass is 15.2. The van der Waals surface area contributed by atoms with E-state index in [-0.39, 0.29) is 0 Å². The minimum absolute atomic E-state index is 0.577. The van der Waals surface area contributed by atoms with Crippen LogP contribution in [0.3, 0.4) is 0 Å². The Kier molecular flexibility index (Phi) is 4.46. The van der Waals surface area contributed by atoms with Crippen LogP contribution in [0.5, 0.6) is 0 Å². The molecule has 6 heteroatoms. The molecule has 0 aromatic carbocycles. The quantitative estimate of drug-likeness (QED) is 0.932. The number of nitrogens with zero attached hydrogens (tertiary/aromatic N) is 5. The maximum absolute atomic E-state index is 4.55. The van der Waals surface area contributed by atoms with Crippen molar-refractivity contribution in [3.8, 4) is 0 Å². The maximum Gasteiger partial charge on any atom is 0.147 e. The third-order valence-corrected chi connectivity index (χ3v) is 4.10. The van der Waals surface area contributed by atoms with Crippen LogP contribution in [0.1, 0.15) is 24.4 Å². The lowest BCUT2D eigenvalue weighted by Crippen LogP contribution is -2.37. The van der Waals surface area contributed by atoms with Gasteiger partial charge in [0.25, 0.3) is 0 Å². The number of aromatic nitrogens is 4. The molecule has 0 amide bonds. The van der Waals surface area contributed by atoms with Gasteiger partial charge in [0.15, 0.2) is 0 Å². The van der Waals surface area contributed by atoms with E-state index in [0.29, 0.717) is 5.92 Å². The van der Waals surface area contributed by atoms with Crippen LogP contribution in [0.4, 0.5) is 11.6 Å². The zero-order valence-corrected chi connectivity index (χ0v) is 13.2. The smallest absolute Gasteiger partial charge is 0.147 e. The van der Waals surface area contributed by atoms with Crippen molar-refractivity contribution in [3.63, 3.8) is 0 Å². The average molecular weight is 298 g/mol. The van der Waals surface area contributed by atoms with Crippen molar-refractivity contribution >= 4 is 11.6 Å². The van der Waals surface area contributed by atoms with Crippen molar-refractivity contribution in [1.82, 2.24) is 19.9 Å². The minimum atomic E-state index is 0.577. The Labute approximate surface area is 131 Å². The van der Waals surface area contributed by atoms with Crippen molar-refractivity contribution in [2.24, 2.45) is 5.92 Å². The summed E-state index contributed by atoms with van der Waals surface area (Å²) in [4.78, 5) is 19.9. The van der Waals surface area contributed by atoms with Crippen LogP contribution in [-0.2, 0) is 6.42 Å². The van der Waals surface area contributed by atoms with E-state index in [4.69, 9.17) is 0 Å². The number of hydrogen-bond acceptors (Lipinski definition) is 6. The summed E-state index contributed by atoms with van der Waals surface area (Å²) in [5, 5.41) is 3.13. The number of aryl methyl sites for hydroxylation is 1. The molecule has 2 aromatic heterocycles. The molecule has 6 nitrogen and oxygen atoms in total. The number of nitrogens with one attached hydrogen (secondary N) is 1. The summed E-state index contributed by atoms with van der Waals surface area (Å²) in [6, 6.07) is 2.00. The fourth-order valence-electron chi connectivity index (χ4n) is 3.06. The van der Waals surface area contributed by atoms with E-state index in [1.807, 2.05) is 26.2 Å². The Hall–Kier alpha value is -2.24. The summed E-state index contributed by atoms with van der Waals surface area (Å²) in [5.74, 6) is 3.32. The standard InChI is InChI=1S/C16H22N6/c1-12-18-6-5-15(21-12)22-9-3-4-13(11-22)10-14-16(17-2)20-8-7-19-14/h5-8,13H,3-4,9-11H2,1-2H3,(H,17,20)/t13-/m0/s1. The van der Waals surface area contributed by atoms with Crippen LogP contribution < -0.4 is 10.2 Å². The van der Waals surface area contributed by atoms with E-state index in [9.17, 15) is 0 Å². The summed E-state index contributed by atoms with van der Waals surface area (Å²) in [6.07, 6.45) is 8.69. The Bertz CT molecular complexity index is 630. The zero-order chi connectivity index (χ0) is 15.4. The summed E-state index contributed by atoms with van der Waals surface area (Å²) < 4.78 is 0. The fraction of sp³-hybridized carbons (Fsp3) is 0.500. The van der Waals surface area contributed by atoms with Gasteiger partial charge < -0.3 is 10.2 Å². The van der Waals surface area contributed by atoms with E-state index >= 15 is 0 Å². The van der Waals surface area contributed by atoms with Crippen LogP contribution in [0, 0.1) is 12.8 Å². The minimum Gasteiger partial charge on any atom is -0.372 e. The molecule has 0 radical (unpaired) electrons. The van der Waals surface area contributed by atoms with Crippen LogP contribution in [0.2, 0.25) is 0 Å². The van der Waals surface area contributed by atoms with Gasteiger partial charge in [0.2, 0.25) is 0 Å². The first-order valence-corrected chi connectivity index (χ1v) is 7.78. The van der Waals surface area contributed by atoms with Crippen molar-refractivity contribution in [2.45, 2.75) is 26.2 Å². The van der Waals surface area contributed by atoms with E-state index in [1.54, 1.807) is 12.4 Å². The predicted molar refractivity (Wildman–Crippen MR) is 87.0 cm³/mol. The largest absolute Gasteiger partial charge is 0.372 e. The molecule has 0 aliphatic carbocycles. The first-order valence-electron chi connectivity index (χ1n) is 7.78. The molecule has 0 saturated carbocycles. The molecule has 3 rings (SSSR count). The molecule has 1 atom stereocenters. The number of piperidine rings is 1. The molecule has 1 N–H and O–H groups in total. The van der Waals surface area contributed by atoms with Gasteiger partial charge in [-0.3, -0.25) is 4.98 Å². The van der Waals surface area contributed by atoms with Crippen molar-refractivity contribution in [2.75, 3.05) is 30.4 Å². The molecule has 3 heterocycles. The molecule has 2 aromatic rings. The third kappa shape index (κ3) is 3.32. The van der Waals surface area contributed by atoms with Crippen LogP contribution in [-0.4, -0.2) is 40.1 Å². The van der Waals surface area contributed by atoms with Gasteiger partial charge in [-0.25, -0.2) is 15.0 Å². The molecule has 1 saturated heterocycles. The number of anilines is 2. The molecule has 1 aliphatic rings. The Morgan fingerprint density at radius 1 is 1.23 bits per heavy atom. The van der Waals surface area contributed by atoms with Crippen molar-refractivity contribution in [1.29, 1.82) is 0 Å². The molecular formula is C16H22N6. The second-order valence-corrected chi connectivity index (χ2v) is 5.72. The lowest BCUT2D eigenvalue weighted by Gasteiger charge is -2.33. The van der Waals surface area contributed by atoms with Crippen LogP contribution in [0.25, 0.3) is 0 Å². The zero-order valence-electron chi connectivity index (χ0n) is 13.2. The summed E-state index contributed by atoms with van der Waals surface area (Å²) in [5.41, 5.74) is 1.05. The monoisotopic (exact) mass is 298 g/mol. The highest BCUT2D eigenvalue weighted by Crippen LogP contribution is 2.25. The molecular weight excluding hydrogens is 276 g/mol. The second-order valence-electron chi connectivity index (χ2n) is 5.72. The van der Waals surface area contributed by atoms with Crippen molar-refractivity contribution < 1.29 is 0 Å². The SMILES string of the molecule is CNc1nccnc1C[C@@H]1CCCN(c2ccnc(C)n2)C1. The van der Waals surface area contributed by atoms with Gasteiger partial charge in [0.1, 0.15) is 17.5 Å². The van der Waals surface area contributed by atoms with Crippen LogP contribution >= 0.6 is 0 Å². The third-order valence-electron chi connectivity index (χ3n) is 4.10. The van der Waals surface area contributed by atoms with Gasteiger partial charge in [-0.05, 0) is 38.2 Å². The van der Waals surface area contributed by atoms with Gasteiger partial charge in [0.05, 0.1) is 5.69 Å². The van der Waals surface area contributed by atoms with E-state index in [2.05, 4.69) is 30.2 Å². The number of hydrogen-bond donors (Lipinski definition) is 1. The Balaban J connectivity index is 1.70. The van der Waals surface area contributed by atoms with E-state index in [0.717, 1.165) is 42.7 Å². The van der Waals surface area contributed by atoms with Gasteiger partial charge in [-0.2, -0.15) is 0 Å². The number of rotatable bonds is 4. The topological polar surface area (TPSA) is 66.8 Å². The first kappa shape index (κ1) is 14.7. The van der Waals surface area contributed by atoms with Gasteiger partial charge in [-0.1, -0.05) is 0 Å². The Morgan fingerprint density at radius 3 is 2.91 bits per heavy atom. The summed E-state index contributed by atoms with van der Waals surface area (Å²) in [7, 11) is 1.89. The van der Waals surface area contributed by atoms with Gasteiger partial charge in [-0.15, -0.1) is 0 Å². The Morgan fingerprint density at radius 2 is 2.09 bits per heavy atom. The highest BCUT2D eigenvalue weighted by molar-refractivity contribution is 5.40. The molecule has 116 valence electrons. The molecule has 0 bridgehead atoms. The normalized spacial score (nSPS) is 18.3. The molecule has 0 unspecified atom stereocenters. The fourth-order valence-corrected chi connectivity index (χ4v) is 3.06.